The number of cyclic esters (lactones) is 1. The summed E-state index contributed by atoms with van der Waals surface area (Å²) >= 11 is 6.12. The Morgan fingerprint density at radius 1 is 1.17 bits per heavy atom. The minimum atomic E-state index is -0.341. The SMILES string of the molecule is Cc1ccc([C@H]2OC(=O)c3ccccc32)cc1Cl. The molecule has 0 fully saturated rings. The number of rotatable bonds is 1. The maximum absolute atomic E-state index is 11.7. The van der Waals surface area contributed by atoms with Crippen LogP contribution in [-0.4, -0.2) is 5.97 Å². The molecule has 18 heavy (non-hydrogen) atoms. The van der Waals surface area contributed by atoms with E-state index in [-0.39, 0.29) is 12.1 Å². The summed E-state index contributed by atoms with van der Waals surface area (Å²) in [5, 5.41) is 0.688. The monoisotopic (exact) mass is 258 g/mol. The Kier molecular flexibility index (Phi) is 2.60. The number of hydrogen-bond donors (Lipinski definition) is 0. The number of ether oxygens (including phenoxy) is 1. The minimum absolute atomic E-state index is 0.271. The van der Waals surface area contributed by atoms with E-state index >= 15 is 0 Å². The maximum atomic E-state index is 11.7. The molecule has 3 rings (SSSR count). The van der Waals surface area contributed by atoms with Gasteiger partial charge in [0.05, 0.1) is 5.56 Å². The molecular weight excluding hydrogens is 248 g/mol. The van der Waals surface area contributed by atoms with Crippen LogP contribution >= 0.6 is 11.6 Å². The van der Waals surface area contributed by atoms with Crippen LogP contribution in [0, 0.1) is 6.92 Å². The van der Waals surface area contributed by atoms with Crippen LogP contribution in [-0.2, 0) is 4.74 Å². The van der Waals surface area contributed by atoms with Crippen molar-refractivity contribution in [2.45, 2.75) is 13.0 Å². The molecular formula is C15H11ClO2. The molecule has 90 valence electrons. The predicted octanol–water partition coefficient (Wildman–Crippen LogP) is 3.91. The van der Waals surface area contributed by atoms with Crippen molar-refractivity contribution >= 4 is 17.6 Å². The third-order valence-corrected chi connectivity index (χ3v) is 3.59. The number of halogens is 1. The average molecular weight is 259 g/mol. The Morgan fingerprint density at radius 3 is 2.72 bits per heavy atom. The van der Waals surface area contributed by atoms with Crippen LogP contribution < -0.4 is 0 Å². The summed E-state index contributed by atoms with van der Waals surface area (Å²) in [5.74, 6) is -0.271. The lowest BCUT2D eigenvalue weighted by atomic mass is 9.99. The first-order valence-corrected chi connectivity index (χ1v) is 6.10. The molecule has 0 radical (unpaired) electrons. The van der Waals surface area contributed by atoms with Gasteiger partial charge in [0.25, 0.3) is 0 Å². The molecule has 2 nitrogen and oxygen atoms in total. The topological polar surface area (TPSA) is 26.3 Å². The number of carbonyl (C=O) groups excluding carboxylic acids is 1. The zero-order valence-electron chi connectivity index (χ0n) is 9.81. The van der Waals surface area contributed by atoms with Crippen molar-refractivity contribution in [2.75, 3.05) is 0 Å². The number of benzene rings is 2. The summed E-state index contributed by atoms with van der Waals surface area (Å²) in [6.45, 7) is 1.95. The molecule has 2 aromatic carbocycles. The lowest BCUT2D eigenvalue weighted by Crippen LogP contribution is -2.00. The lowest BCUT2D eigenvalue weighted by molar-refractivity contribution is 0.0456. The molecule has 0 aliphatic carbocycles. The summed E-state index contributed by atoms with van der Waals surface area (Å²) in [6, 6.07) is 13.2. The van der Waals surface area contributed by atoms with Crippen molar-refractivity contribution in [3.05, 3.63) is 69.7 Å². The Hall–Kier alpha value is -1.80. The van der Waals surface area contributed by atoms with Crippen molar-refractivity contribution in [1.82, 2.24) is 0 Å². The van der Waals surface area contributed by atoms with E-state index in [0.29, 0.717) is 10.6 Å². The summed E-state index contributed by atoms with van der Waals surface area (Å²) < 4.78 is 5.42. The van der Waals surface area contributed by atoms with Crippen molar-refractivity contribution in [2.24, 2.45) is 0 Å². The second-order valence-corrected chi connectivity index (χ2v) is 4.79. The number of fused-ring (bicyclic) bond motifs is 1. The van der Waals surface area contributed by atoms with Crippen LogP contribution in [0.25, 0.3) is 0 Å². The predicted molar refractivity (Wildman–Crippen MR) is 69.9 cm³/mol. The number of hydrogen-bond acceptors (Lipinski definition) is 2. The van der Waals surface area contributed by atoms with Gasteiger partial charge in [0, 0.05) is 10.6 Å². The van der Waals surface area contributed by atoms with Gasteiger partial charge >= 0.3 is 5.97 Å². The molecule has 0 spiro atoms. The van der Waals surface area contributed by atoms with Crippen molar-refractivity contribution in [3.8, 4) is 0 Å². The molecule has 0 saturated heterocycles. The molecule has 2 aromatic rings. The van der Waals surface area contributed by atoms with Crippen molar-refractivity contribution in [3.63, 3.8) is 0 Å². The van der Waals surface area contributed by atoms with Crippen LogP contribution in [0.2, 0.25) is 5.02 Å². The molecule has 0 aromatic heterocycles. The first kappa shape index (κ1) is 11.3. The van der Waals surface area contributed by atoms with Gasteiger partial charge in [-0.2, -0.15) is 0 Å². The molecule has 1 aliphatic heterocycles. The molecule has 0 bridgehead atoms. The Labute approximate surface area is 110 Å². The van der Waals surface area contributed by atoms with Crippen LogP contribution in [0.4, 0.5) is 0 Å². The van der Waals surface area contributed by atoms with Gasteiger partial charge in [0.1, 0.15) is 0 Å². The lowest BCUT2D eigenvalue weighted by Gasteiger charge is -2.12. The van der Waals surface area contributed by atoms with E-state index in [0.717, 1.165) is 16.7 Å². The average Bonchev–Trinajstić information content (AvgIpc) is 2.71. The fraction of sp³-hybridized carbons (Fsp3) is 0.133. The van der Waals surface area contributed by atoms with E-state index in [9.17, 15) is 4.79 Å². The van der Waals surface area contributed by atoms with Gasteiger partial charge in [-0.15, -0.1) is 0 Å². The molecule has 1 atom stereocenters. The fourth-order valence-electron chi connectivity index (χ4n) is 2.17. The van der Waals surface area contributed by atoms with Crippen LogP contribution in [0.15, 0.2) is 42.5 Å². The standard InChI is InChI=1S/C15H11ClO2/c1-9-6-7-10(8-13(9)16)14-11-4-2-3-5-12(11)15(17)18-14/h2-8,14H,1H3/t14-/m1/s1. The van der Waals surface area contributed by atoms with Crippen molar-refractivity contribution < 1.29 is 9.53 Å². The second-order valence-electron chi connectivity index (χ2n) is 4.38. The summed E-state index contributed by atoms with van der Waals surface area (Å²) in [4.78, 5) is 11.7. The smallest absolute Gasteiger partial charge is 0.339 e. The first-order valence-electron chi connectivity index (χ1n) is 5.73. The highest BCUT2D eigenvalue weighted by atomic mass is 35.5. The molecule has 0 unspecified atom stereocenters. The number of esters is 1. The van der Waals surface area contributed by atoms with E-state index in [1.165, 1.54) is 0 Å². The Balaban J connectivity index is 2.09. The molecule has 0 saturated carbocycles. The van der Waals surface area contributed by atoms with E-state index in [1.807, 2.05) is 43.3 Å². The van der Waals surface area contributed by atoms with Gasteiger partial charge in [-0.3, -0.25) is 0 Å². The molecule has 0 N–H and O–H groups in total. The number of carbonyl (C=O) groups is 1. The number of aryl methyl sites for hydroxylation is 1. The van der Waals surface area contributed by atoms with Crippen LogP contribution in [0.3, 0.4) is 0 Å². The highest BCUT2D eigenvalue weighted by Gasteiger charge is 2.31. The van der Waals surface area contributed by atoms with Gasteiger partial charge in [-0.05, 0) is 30.2 Å². The van der Waals surface area contributed by atoms with E-state index in [1.54, 1.807) is 6.07 Å². The molecule has 1 heterocycles. The largest absolute Gasteiger partial charge is 0.449 e. The quantitative estimate of drug-likeness (QED) is 0.725. The van der Waals surface area contributed by atoms with Gasteiger partial charge in [0.15, 0.2) is 6.10 Å². The van der Waals surface area contributed by atoms with E-state index in [4.69, 9.17) is 16.3 Å². The zero-order valence-corrected chi connectivity index (χ0v) is 10.6. The summed E-state index contributed by atoms with van der Waals surface area (Å²) in [6.07, 6.45) is -0.341. The van der Waals surface area contributed by atoms with Gasteiger partial charge in [-0.25, -0.2) is 4.79 Å². The molecule has 0 amide bonds. The first-order chi connectivity index (χ1) is 8.66. The van der Waals surface area contributed by atoms with Crippen LogP contribution in [0.1, 0.15) is 33.2 Å². The fourth-order valence-corrected chi connectivity index (χ4v) is 2.35. The summed E-state index contributed by atoms with van der Waals surface area (Å²) in [7, 11) is 0. The van der Waals surface area contributed by atoms with E-state index < -0.39 is 0 Å². The Morgan fingerprint density at radius 2 is 1.94 bits per heavy atom. The van der Waals surface area contributed by atoms with Gasteiger partial charge in [0.2, 0.25) is 0 Å². The van der Waals surface area contributed by atoms with Crippen LogP contribution in [0.5, 0.6) is 0 Å². The highest BCUT2D eigenvalue weighted by Crippen LogP contribution is 2.36. The molecule has 3 heteroatoms. The third kappa shape index (κ3) is 1.70. The zero-order chi connectivity index (χ0) is 12.7. The van der Waals surface area contributed by atoms with Gasteiger partial charge in [-0.1, -0.05) is 41.9 Å². The summed E-state index contributed by atoms with van der Waals surface area (Å²) in [5.41, 5.74) is 3.46. The van der Waals surface area contributed by atoms with Gasteiger partial charge < -0.3 is 4.74 Å². The maximum Gasteiger partial charge on any atom is 0.339 e. The Bertz CT molecular complexity index is 634. The highest BCUT2D eigenvalue weighted by molar-refractivity contribution is 6.31. The van der Waals surface area contributed by atoms with Crippen molar-refractivity contribution in [1.29, 1.82) is 0 Å². The van der Waals surface area contributed by atoms with E-state index in [2.05, 4.69) is 0 Å². The normalized spacial score (nSPS) is 17.4. The third-order valence-electron chi connectivity index (χ3n) is 3.19. The minimum Gasteiger partial charge on any atom is -0.449 e. The second kappa shape index (κ2) is 4.14. The molecule has 1 aliphatic rings.